The highest BCUT2D eigenvalue weighted by Crippen LogP contribution is 2.16. The number of hydrogen-bond donors (Lipinski definition) is 2. The zero-order valence-corrected chi connectivity index (χ0v) is 17.4. The largest absolute Gasteiger partial charge is 0.339 e. The molecule has 6 heteroatoms. The van der Waals surface area contributed by atoms with Crippen molar-refractivity contribution in [1.29, 1.82) is 0 Å². The van der Waals surface area contributed by atoms with E-state index < -0.39 is 0 Å². The lowest BCUT2D eigenvalue weighted by molar-refractivity contribution is -0.116. The zero-order chi connectivity index (χ0) is 19.6. The summed E-state index contributed by atoms with van der Waals surface area (Å²) in [4.78, 5) is 26.7. The molecule has 0 saturated carbocycles. The summed E-state index contributed by atoms with van der Waals surface area (Å²) in [6.07, 6.45) is 2.06. The number of anilines is 1. The van der Waals surface area contributed by atoms with E-state index in [-0.39, 0.29) is 36.7 Å². The maximum Gasteiger partial charge on any atom is 0.253 e. The molecule has 0 saturated heterocycles. The number of carbonyl (C=O) groups excluding carboxylic acids is 2. The van der Waals surface area contributed by atoms with Crippen molar-refractivity contribution in [3.05, 3.63) is 65.7 Å². The van der Waals surface area contributed by atoms with Crippen molar-refractivity contribution in [3.8, 4) is 0 Å². The summed E-state index contributed by atoms with van der Waals surface area (Å²) in [6.45, 7) is 5.63. The van der Waals surface area contributed by atoms with Crippen LogP contribution in [0.15, 0.2) is 54.6 Å². The Hall–Kier alpha value is -2.37. The van der Waals surface area contributed by atoms with Crippen LogP contribution in [0.1, 0.15) is 55.1 Å². The topological polar surface area (TPSA) is 75.4 Å². The summed E-state index contributed by atoms with van der Waals surface area (Å²) >= 11 is 0. The van der Waals surface area contributed by atoms with E-state index in [9.17, 15) is 9.59 Å². The van der Waals surface area contributed by atoms with E-state index in [1.54, 1.807) is 24.3 Å². The monoisotopic (exact) mass is 403 g/mol. The highest BCUT2D eigenvalue weighted by Gasteiger charge is 2.15. The Kier molecular flexibility index (Phi) is 10.3. The fourth-order valence-electron chi connectivity index (χ4n) is 2.96. The first-order valence-electron chi connectivity index (χ1n) is 9.54. The molecule has 5 nitrogen and oxygen atoms in total. The second-order valence-electron chi connectivity index (χ2n) is 6.64. The first kappa shape index (κ1) is 23.7. The molecule has 0 heterocycles. The smallest absolute Gasteiger partial charge is 0.253 e. The van der Waals surface area contributed by atoms with Gasteiger partial charge in [-0.25, -0.2) is 0 Å². The first-order valence-corrected chi connectivity index (χ1v) is 9.54. The van der Waals surface area contributed by atoms with Gasteiger partial charge in [0, 0.05) is 36.8 Å². The van der Waals surface area contributed by atoms with Gasteiger partial charge < -0.3 is 16.0 Å². The molecule has 2 aromatic carbocycles. The molecular weight excluding hydrogens is 374 g/mol. The average molecular weight is 404 g/mol. The van der Waals surface area contributed by atoms with Crippen LogP contribution in [0.3, 0.4) is 0 Å². The predicted octanol–water partition coefficient (Wildman–Crippen LogP) is 4.40. The van der Waals surface area contributed by atoms with E-state index in [1.807, 2.05) is 35.2 Å². The maximum absolute atomic E-state index is 12.6. The molecule has 0 aliphatic heterocycles. The third-order valence-electron chi connectivity index (χ3n) is 4.32. The third-order valence-corrected chi connectivity index (χ3v) is 4.32. The summed E-state index contributed by atoms with van der Waals surface area (Å²) in [5.74, 6) is -0.119. The van der Waals surface area contributed by atoms with Crippen molar-refractivity contribution in [3.63, 3.8) is 0 Å². The van der Waals surface area contributed by atoms with E-state index >= 15 is 0 Å². The Bertz CT molecular complexity index is 729. The number of rotatable bonds is 9. The second kappa shape index (κ2) is 12.2. The van der Waals surface area contributed by atoms with Gasteiger partial charge in [0.2, 0.25) is 5.91 Å². The van der Waals surface area contributed by atoms with Gasteiger partial charge in [0.15, 0.2) is 0 Å². The number of benzene rings is 2. The molecule has 0 aliphatic carbocycles. The number of carbonyl (C=O) groups is 2. The number of halogens is 1. The van der Waals surface area contributed by atoms with Crippen LogP contribution in [-0.4, -0.2) is 29.8 Å². The molecular formula is C22H30ClN3O2. The molecule has 28 heavy (non-hydrogen) atoms. The minimum atomic E-state index is -0.344. The lowest BCUT2D eigenvalue weighted by atomic mass is 10.0. The average Bonchev–Trinajstić information content (AvgIpc) is 2.68. The zero-order valence-electron chi connectivity index (χ0n) is 16.6. The van der Waals surface area contributed by atoms with Crippen LogP contribution in [-0.2, 0) is 4.79 Å². The van der Waals surface area contributed by atoms with Crippen LogP contribution in [0, 0.1) is 0 Å². The van der Waals surface area contributed by atoms with Crippen molar-refractivity contribution in [2.45, 2.75) is 39.2 Å². The van der Waals surface area contributed by atoms with Crippen LogP contribution >= 0.6 is 12.4 Å². The molecule has 1 unspecified atom stereocenters. The Morgan fingerprint density at radius 3 is 2.07 bits per heavy atom. The van der Waals surface area contributed by atoms with Crippen molar-refractivity contribution in [1.82, 2.24) is 4.90 Å². The van der Waals surface area contributed by atoms with Crippen LogP contribution in [0.25, 0.3) is 0 Å². The molecule has 2 rings (SSSR count). The van der Waals surface area contributed by atoms with Gasteiger partial charge in [0.1, 0.15) is 0 Å². The van der Waals surface area contributed by atoms with Gasteiger partial charge in [-0.2, -0.15) is 0 Å². The number of nitrogens with one attached hydrogen (secondary N) is 1. The molecule has 0 bridgehead atoms. The van der Waals surface area contributed by atoms with Crippen molar-refractivity contribution >= 4 is 29.9 Å². The maximum atomic E-state index is 12.6. The standard InChI is InChI=1S/C22H29N3O2.ClH/c1-3-14-25(15-4-2)22(27)18-10-12-19(13-11-18)24-21(26)16-20(23)17-8-6-5-7-9-17;/h5-13,20H,3-4,14-16,23H2,1-2H3,(H,24,26);1H. The summed E-state index contributed by atoms with van der Waals surface area (Å²) in [7, 11) is 0. The first-order chi connectivity index (χ1) is 13.0. The van der Waals surface area contributed by atoms with Crippen molar-refractivity contribution in [2.75, 3.05) is 18.4 Å². The van der Waals surface area contributed by atoms with E-state index in [0.717, 1.165) is 31.5 Å². The summed E-state index contributed by atoms with van der Waals surface area (Å²) in [6, 6.07) is 16.2. The van der Waals surface area contributed by atoms with Gasteiger partial charge in [-0.1, -0.05) is 44.2 Å². The Balaban J connectivity index is 0.00000392. The highest BCUT2D eigenvalue weighted by molar-refractivity contribution is 5.96. The molecule has 0 aliphatic rings. The number of hydrogen-bond acceptors (Lipinski definition) is 3. The van der Waals surface area contributed by atoms with Gasteiger partial charge in [-0.05, 0) is 42.7 Å². The van der Waals surface area contributed by atoms with Gasteiger partial charge in [0.05, 0.1) is 0 Å². The lowest BCUT2D eigenvalue weighted by Crippen LogP contribution is -2.32. The van der Waals surface area contributed by atoms with Crippen LogP contribution in [0.4, 0.5) is 5.69 Å². The van der Waals surface area contributed by atoms with Crippen molar-refractivity contribution in [2.24, 2.45) is 5.73 Å². The predicted molar refractivity (Wildman–Crippen MR) is 117 cm³/mol. The lowest BCUT2D eigenvalue weighted by Gasteiger charge is -2.21. The molecule has 2 amide bonds. The molecule has 1 atom stereocenters. The van der Waals surface area contributed by atoms with E-state index in [4.69, 9.17) is 5.73 Å². The Labute approximate surface area is 173 Å². The molecule has 0 radical (unpaired) electrons. The van der Waals surface area contributed by atoms with Crippen LogP contribution in [0.5, 0.6) is 0 Å². The minimum Gasteiger partial charge on any atom is -0.339 e. The molecule has 2 aromatic rings. The third kappa shape index (κ3) is 6.98. The molecule has 0 spiro atoms. The quantitative estimate of drug-likeness (QED) is 0.651. The fraction of sp³-hybridized carbons (Fsp3) is 0.364. The Morgan fingerprint density at radius 1 is 0.964 bits per heavy atom. The van der Waals surface area contributed by atoms with Gasteiger partial charge in [0.25, 0.3) is 5.91 Å². The van der Waals surface area contributed by atoms with E-state index in [2.05, 4.69) is 19.2 Å². The van der Waals surface area contributed by atoms with Crippen molar-refractivity contribution < 1.29 is 9.59 Å². The van der Waals surface area contributed by atoms with Crippen LogP contribution < -0.4 is 11.1 Å². The summed E-state index contributed by atoms with van der Waals surface area (Å²) in [5, 5.41) is 2.84. The fourth-order valence-corrected chi connectivity index (χ4v) is 2.96. The number of nitrogens with two attached hydrogens (primary N) is 1. The molecule has 0 fully saturated rings. The van der Waals surface area contributed by atoms with Gasteiger partial charge in [-0.3, -0.25) is 9.59 Å². The molecule has 0 aromatic heterocycles. The summed E-state index contributed by atoms with van der Waals surface area (Å²) in [5.41, 5.74) is 8.32. The molecule has 152 valence electrons. The SMILES string of the molecule is CCCN(CCC)C(=O)c1ccc(NC(=O)CC(N)c2ccccc2)cc1.Cl. The summed E-state index contributed by atoms with van der Waals surface area (Å²) < 4.78 is 0. The van der Waals surface area contributed by atoms with E-state index in [0.29, 0.717) is 11.3 Å². The molecule has 3 N–H and O–H groups in total. The van der Waals surface area contributed by atoms with E-state index in [1.165, 1.54) is 0 Å². The number of nitrogens with zero attached hydrogens (tertiary/aromatic N) is 1. The highest BCUT2D eigenvalue weighted by atomic mass is 35.5. The van der Waals surface area contributed by atoms with Gasteiger partial charge in [-0.15, -0.1) is 12.4 Å². The van der Waals surface area contributed by atoms with Gasteiger partial charge >= 0.3 is 0 Å². The minimum absolute atomic E-state index is 0. The normalized spacial score (nSPS) is 11.2. The van der Waals surface area contributed by atoms with Crippen LogP contribution in [0.2, 0.25) is 0 Å². The second-order valence-corrected chi connectivity index (χ2v) is 6.64. The Morgan fingerprint density at radius 2 is 1.54 bits per heavy atom. The number of amides is 2.